The molecule has 0 radical (unpaired) electrons. The maximum absolute atomic E-state index is 12.0. The Hall–Kier alpha value is -1.84. The van der Waals surface area contributed by atoms with Crippen LogP contribution < -0.4 is 11.1 Å². The summed E-state index contributed by atoms with van der Waals surface area (Å²) in [5, 5.41) is 2.78. The van der Waals surface area contributed by atoms with E-state index in [1.54, 1.807) is 0 Å². The fourth-order valence-corrected chi connectivity index (χ4v) is 2.80. The third-order valence-electron chi connectivity index (χ3n) is 3.91. The first-order valence-corrected chi connectivity index (χ1v) is 7.28. The van der Waals surface area contributed by atoms with Gasteiger partial charge in [0.15, 0.2) is 0 Å². The quantitative estimate of drug-likeness (QED) is 0.830. The predicted octanol–water partition coefficient (Wildman–Crippen LogP) is 1.78. The molecule has 1 aliphatic carbocycles. The third-order valence-corrected chi connectivity index (χ3v) is 3.91. The van der Waals surface area contributed by atoms with Crippen LogP contribution in [0.5, 0.6) is 0 Å². The Morgan fingerprint density at radius 3 is 2.45 bits per heavy atom. The molecule has 0 aromatic heterocycles. The zero-order valence-electron chi connectivity index (χ0n) is 11.7. The van der Waals surface area contributed by atoms with Crippen molar-refractivity contribution in [1.82, 2.24) is 5.32 Å². The van der Waals surface area contributed by atoms with Crippen LogP contribution in [-0.4, -0.2) is 17.9 Å². The summed E-state index contributed by atoms with van der Waals surface area (Å²) in [6.07, 6.45) is 5.62. The van der Waals surface area contributed by atoms with Crippen molar-refractivity contribution in [2.24, 2.45) is 11.7 Å². The maximum atomic E-state index is 12.0. The van der Waals surface area contributed by atoms with Crippen LogP contribution in [0, 0.1) is 5.92 Å². The monoisotopic (exact) mass is 274 g/mol. The molecular formula is C16H22N2O2. The lowest BCUT2D eigenvalue weighted by Gasteiger charge is -2.17. The molecule has 4 nitrogen and oxygen atoms in total. The lowest BCUT2D eigenvalue weighted by molar-refractivity contribution is -0.127. The molecule has 1 aliphatic rings. The summed E-state index contributed by atoms with van der Waals surface area (Å²) in [4.78, 5) is 23.5. The van der Waals surface area contributed by atoms with Crippen molar-refractivity contribution in [3.05, 3.63) is 35.9 Å². The summed E-state index contributed by atoms with van der Waals surface area (Å²) in [6, 6.07) is 8.98. The molecule has 0 saturated heterocycles. The molecular weight excluding hydrogens is 252 g/mol. The van der Waals surface area contributed by atoms with E-state index in [9.17, 15) is 9.59 Å². The van der Waals surface area contributed by atoms with Crippen LogP contribution in [0.25, 0.3) is 0 Å². The van der Waals surface area contributed by atoms with Crippen LogP contribution >= 0.6 is 0 Å². The van der Waals surface area contributed by atoms with Gasteiger partial charge in [-0.2, -0.15) is 0 Å². The fourth-order valence-electron chi connectivity index (χ4n) is 2.80. The van der Waals surface area contributed by atoms with E-state index >= 15 is 0 Å². The first-order chi connectivity index (χ1) is 9.65. The van der Waals surface area contributed by atoms with Crippen LogP contribution in [0.2, 0.25) is 0 Å². The Morgan fingerprint density at radius 1 is 1.20 bits per heavy atom. The lowest BCUT2D eigenvalue weighted by atomic mass is 10.0. The van der Waals surface area contributed by atoms with E-state index in [1.165, 1.54) is 12.8 Å². The molecule has 108 valence electrons. The summed E-state index contributed by atoms with van der Waals surface area (Å²) in [5.41, 5.74) is 6.38. The summed E-state index contributed by atoms with van der Waals surface area (Å²) >= 11 is 0. The molecule has 1 unspecified atom stereocenters. The second kappa shape index (κ2) is 7.08. The maximum Gasteiger partial charge on any atom is 0.240 e. The highest BCUT2D eigenvalue weighted by Gasteiger charge is 2.22. The minimum absolute atomic E-state index is 0.0587. The number of rotatable bonds is 6. The standard InChI is InChI=1S/C16H22N2O2/c17-16(20)14(10-12-6-2-1-3-7-12)18-15(19)11-13-8-4-5-9-13/h1-3,6-7,13-14H,4-5,8-11H2,(H2,17,20)(H,18,19). The van der Waals surface area contributed by atoms with Crippen molar-refractivity contribution >= 4 is 11.8 Å². The molecule has 20 heavy (non-hydrogen) atoms. The molecule has 1 fully saturated rings. The molecule has 3 N–H and O–H groups in total. The van der Waals surface area contributed by atoms with Gasteiger partial charge < -0.3 is 11.1 Å². The van der Waals surface area contributed by atoms with Gasteiger partial charge in [0.1, 0.15) is 6.04 Å². The average Bonchev–Trinajstić information content (AvgIpc) is 2.92. The molecule has 0 heterocycles. The number of nitrogens with one attached hydrogen (secondary N) is 1. The molecule has 2 rings (SSSR count). The van der Waals surface area contributed by atoms with E-state index in [0.29, 0.717) is 18.8 Å². The minimum Gasteiger partial charge on any atom is -0.368 e. The number of amides is 2. The molecule has 0 spiro atoms. The Balaban J connectivity index is 1.88. The number of hydrogen-bond donors (Lipinski definition) is 2. The van der Waals surface area contributed by atoms with Crippen molar-refractivity contribution < 1.29 is 9.59 Å². The second-order valence-corrected chi connectivity index (χ2v) is 5.57. The summed E-state index contributed by atoms with van der Waals surface area (Å²) in [7, 11) is 0. The summed E-state index contributed by atoms with van der Waals surface area (Å²) in [5.74, 6) is -0.0643. The largest absolute Gasteiger partial charge is 0.368 e. The van der Waals surface area contributed by atoms with Gasteiger partial charge in [-0.1, -0.05) is 43.2 Å². The van der Waals surface area contributed by atoms with E-state index in [1.807, 2.05) is 30.3 Å². The average molecular weight is 274 g/mol. The first kappa shape index (κ1) is 14.6. The number of hydrogen-bond acceptors (Lipinski definition) is 2. The third kappa shape index (κ3) is 4.37. The van der Waals surface area contributed by atoms with Gasteiger partial charge in [0.05, 0.1) is 0 Å². The van der Waals surface area contributed by atoms with Gasteiger partial charge >= 0.3 is 0 Å². The van der Waals surface area contributed by atoms with Crippen LogP contribution in [0.4, 0.5) is 0 Å². The Labute approximate surface area is 119 Å². The van der Waals surface area contributed by atoms with Crippen molar-refractivity contribution in [1.29, 1.82) is 0 Å². The normalized spacial score (nSPS) is 16.8. The van der Waals surface area contributed by atoms with Gasteiger partial charge in [-0.25, -0.2) is 0 Å². The number of nitrogens with two attached hydrogens (primary N) is 1. The smallest absolute Gasteiger partial charge is 0.240 e. The van der Waals surface area contributed by atoms with Crippen molar-refractivity contribution in [3.8, 4) is 0 Å². The molecule has 4 heteroatoms. The highest BCUT2D eigenvalue weighted by Crippen LogP contribution is 2.27. The van der Waals surface area contributed by atoms with Crippen molar-refractivity contribution in [3.63, 3.8) is 0 Å². The zero-order chi connectivity index (χ0) is 14.4. The van der Waals surface area contributed by atoms with E-state index < -0.39 is 11.9 Å². The highest BCUT2D eigenvalue weighted by atomic mass is 16.2. The molecule has 0 bridgehead atoms. The number of primary amides is 1. The van der Waals surface area contributed by atoms with Gasteiger partial charge in [0, 0.05) is 12.8 Å². The minimum atomic E-state index is -0.619. The summed E-state index contributed by atoms with van der Waals surface area (Å²) < 4.78 is 0. The number of carbonyl (C=O) groups is 2. The Morgan fingerprint density at radius 2 is 1.85 bits per heavy atom. The molecule has 0 aliphatic heterocycles. The fraction of sp³-hybridized carbons (Fsp3) is 0.500. The Bertz CT molecular complexity index is 453. The number of benzene rings is 1. The summed E-state index contributed by atoms with van der Waals surface area (Å²) in [6.45, 7) is 0. The predicted molar refractivity (Wildman–Crippen MR) is 77.8 cm³/mol. The molecule has 1 aromatic carbocycles. The van der Waals surface area contributed by atoms with Crippen LogP contribution in [0.3, 0.4) is 0 Å². The van der Waals surface area contributed by atoms with E-state index in [-0.39, 0.29) is 5.91 Å². The first-order valence-electron chi connectivity index (χ1n) is 7.28. The Kier molecular flexibility index (Phi) is 5.16. The lowest BCUT2D eigenvalue weighted by Crippen LogP contribution is -2.46. The van der Waals surface area contributed by atoms with Crippen LogP contribution in [0.1, 0.15) is 37.7 Å². The SMILES string of the molecule is NC(=O)C(Cc1ccccc1)NC(=O)CC1CCCC1. The van der Waals surface area contributed by atoms with Crippen LogP contribution in [-0.2, 0) is 16.0 Å². The molecule has 2 amide bonds. The number of carbonyl (C=O) groups excluding carboxylic acids is 2. The van der Waals surface area contributed by atoms with E-state index in [2.05, 4.69) is 5.32 Å². The van der Waals surface area contributed by atoms with Gasteiger partial charge in [-0.05, 0) is 24.3 Å². The van der Waals surface area contributed by atoms with Gasteiger partial charge in [-0.15, -0.1) is 0 Å². The van der Waals surface area contributed by atoms with Gasteiger partial charge in [0.25, 0.3) is 0 Å². The van der Waals surface area contributed by atoms with Crippen LogP contribution in [0.15, 0.2) is 30.3 Å². The molecule has 1 saturated carbocycles. The molecule has 1 atom stereocenters. The topological polar surface area (TPSA) is 72.2 Å². The second-order valence-electron chi connectivity index (χ2n) is 5.57. The molecule has 1 aromatic rings. The van der Waals surface area contributed by atoms with Gasteiger partial charge in [-0.3, -0.25) is 9.59 Å². The van der Waals surface area contributed by atoms with E-state index in [4.69, 9.17) is 5.73 Å². The van der Waals surface area contributed by atoms with Gasteiger partial charge in [0.2, 0.25) is 11.8 Å². The highest BCUT2D eigenvalue weighted by molar-refractivity contribution is 5.86. The van der Waals surface area contributed by atoms with Crippen molar-refractivity contribution in [2.75, 3.05) is 0 Å². The van der Waals surface area contributed by atoms with Crippen molar-refractivity contribution in [2.45, 2.75) is 44.6 Å². The zero-order valence-corrected chi connectivity index (χ0v) is 11.7. The van der Waals surface area contributed by atoms with E-state index in [0.717, 1.165) is 18.4 Å².